The topological polar surface area (TPSA) is 40.5 Å². The fourth-order valence-electron chi connectivity index (χ4n) is 1.68. The summed E-state index contributed by atoms with van der Waals surface area (Å²) in [5.74, 6) is -0.452. The van der Waals surface area contributed by atoms with Crippen LogP contribution >= 0.6 is 0 Å². The van der Waals surface area contributed by atoms with Crippen LogP contribution in [0.3, 0.4) is 0 Å². The highest BCUT2D eigenvalue weighted by Gasteiger charge is 2.15. The molecule has 0 aliphatic rings. The van der Waals surface area contributed by atoms with E-state index in [-0.39, 0.29) is 6.54 Å². The van der Waals surface area contributed by atoms with Crippen molar-refractivity contribution in [1.82, 2.24) is 0 Å². The number of halogens is 1. The average Bonchev–Trinajstić information content (AvgIpc) is 2.37. The van der Waals surface area contributed by atoms with Crippen molar-refractivity contribution >= 4 is 11.8 Å². The predicted octanol–water partition coefficient (Wildman–Crippen LogP) is 3.51. The van der Waals surface area contributed by atoms with Gasteiger partial charge in [-0.1, -0.05) is 36.4 Å². The maximum Gasteiger partial charge on any atom is 0.412 e. The number of rotatable bonds is 3. The summed E-state index contributed by atoms with van der Waals surface area (Å²) in [6.07, 6.45) is -1.11. The molecule has 0 spiro atoms. The fourth-order valence-corrected chi connectivity index (χ4v) is 1.68. The molecule has 18 heavy (non-hydrogen) atoms. The van der Waals surface area contributed by atoms with Gasteiger partial charge in [0.25, 0.3) is 0 Å². The monoisotopic (exact) mass is 245 g/mol. The standard InChI is InChI=1S/C14H12FNO2/c15-12-7-4-8-13(9-12)16(14(17)18)10-11-5-2-1-3-6-11/h1-9H,10H2,(H,17,18). The van der Waals surface area contributed by atoms with Crippen LogP contribution in [0.4, 0.5) is 14.9 Å². The van der Waals surface area contributed by atoms with Gasteiger partial charge in [0.05, 0.1) is 12.2 Å². The number of hydrogen-bond donors (Lipinski definition) is 1. The molecule has 0 aromatic heterocycles. The molecule has 92 valence electrons. The van der Waals surface area contributed by atoms with Crippen molar-refractivity contribution in [3.8, 4) is 0 Å². The molecule has 2 rings (SSSR count). The minimum absolute atomic E-state index is 0.194. The molecule has 0 bridgehead atoms. The maximum absolute atomic E-state index is 13.1. The van der Waals surface area contributed by atoms with Gasteiger partial charge >= 0.3 is 6.09 Å². The lowest BCUT2D eigenvalue weighted by Gasteiger charge is -2.19. The largest absolute Gasteiger partial charge is 0.465 e. The first-order valence-corrected chi connectivity index (χ1v) is 5.47. The van der Waals surface area contributed by atoms with E-state index in [0.717, 1.165) is 10.5 Å². The van der Waals surface area contributed by atoms with Gasteiger partial charge in [0.15, 0.2) is 0 Å². The molecule has 0 atom stereocenters. The maximum atomic E-state index is 13.1. The average molecular weight is 245 g/mol. The third-order valence-corrected chi connectivity index (χ3v) is 2.53. The molecule has 4 heteroatoms. The lowest BCUT2D eigenvalue weighted by Crippen LogP contribution is -2.28. The highest BCUT2D eigenvalue weighted by atomic mass is 19.1. The first-order chi connectivity index (χ1) is 8.66. The third kappa shape index (κ3) is 2.85. The first-order valence-electron chi connectivity index (χ1n) is 5.47. The fraction of sp³-hybridized carbons (Fsp3) is 0.0714. The van der Waals surface area contributed by atoms with E-state index in [1.54, 1.807) is 6.07 Å². The van der Waals surface area contributed by atoms with Crippen LogP contribution in [0.15, 0.2) is 54.6 Å². The van der Waals surface area contributed by atoms with Crippen LogP contribution in [-0.4, -0.2) is 11.2 Å². The number of nitrogens with zero attached hydrogens (tertiary/aromatic N) is 1. The molecular weight excluding hydrogens is 233 g/mol. The smallest absolute Gasteiger partial charge is 0.412 e. The van der Waals surface area contributed by atoms with Crippen molar-refractivity contribution in [3.05, 3.63) is 66.0 Å². The molecule has 0 heterocycles. The van der Waals surface area contributed by atoms with Gasteiger partial charge in [-0.15, -0.1) is 0 Å². The Labute approximate surface area is 104 Å². The zero-order valence-electron chi connectivity index (χ0n) is 9.58. The predicted molar refractivity (Wildman–Crippen MR) is 67.0 cm³/mol. The second-order valence-corrected chi connectivity index (χ2v) is 3.83. The number of anilines is 1. The summed E-state index contributed by atoms with van der Waals surface area (Å²) in [7, 11) is 0. The summed E-state index contributed by atoms with van der Waals surface area (Å²) in [5.41, 5.74) is 1.18. The van der Waals surface area contributed by atoms with Crippen molar-refractivity contribution in [2.75, 3.05) is 4.90 Å². The molecule has 0 aliphatic carbocycles. The molecule has 0 fully saturated rings. The number of carbonyl (C=O) groups is 1. The van der Waals surface area contributed by atoms with E-state index in [2.05, 4.69) is 0 Å². The zero-order valence-corrected chi connectivity index (χ0v) is 9.58. The zero-order chi connectivity index (χ0) is 13.0. The van der Waals surface area contributed by atoms with Gasteiger partial charge in [-0.3, -0.25) is 4.90 Å². The van der Waals surface area contributed by atoms with Crippen LogP contribution in [0, 0.1) is 5.82 Å². The van der Waals surface area contributed by atoms with Crippen molar-refractivity contribution in [1.29, 1.82) is 0 Å². The van der Waals surface area contributed by atoms with Gasteiger partial charge < -0.3 is 5.11 Å². The number of benzene rings is 2. The lowest BCUT2D eigenvalue weighted by atomic mass is 10.2. The first kappa shape index (κ1) is 12.1. The SMILES string of the molecule is O=C(O)N(Cc1ccccc1)c1cccc(F)c1. The molecule has 0 aliphatic heterocycles. The number of amides is 1. The second-order valence-electron chi connectivity index (χ2n) is 3.83. The lowest BCUT2D eigenvalue weighted by molar-refractivity contribution is 0.201. The molecule has 0 saturated carbocycles. The van der Waals surface area contributed by atoms with E-state index in [4.69, 9.17) is 0 Å². The summed E-state index contributed by atoms with van der Waals surface area (Å²) in [5, 5.41) is 9.18. The molecule has 1 amide bonds. The third-order valence-electron chi connectivity index (χ3n) is 2.53. The summed E-state index contributed by atoms with van der Waals surface area (Å²) < 4.78 is 13.1. The Morgan fingerprint density at radius 2 is 1.83 bits per heavy atom. The van der Waals surface area contributed by atoms with Crippen molar-refractivity contribution < 1.29 is 14.3 Å². The van der Waals surface area contributed by atoms with Gasteiger partial charge in [-0.25, -0.2) is 9.18 Å². The van der Waals surface area contributed by atoms with Crippen molar-refractivity contribution in [2.45, 2.75) is 6.54 Å². The summed E-state index contributed by atoms with van der Waals surface area (Å²) in [6, 6.07) is 14.7. The normalized spacial score (nSPS) is 10.1. The Hall–Kier alpha value is -2.36. The van der Waals surface area contributed by atoms with Crippen LogP contribution in [0.1, 0.15) is 5.56 Å². The van der Waals surface area contributed by atoms with Crippen molar-refractivity contribution in [2.24, 2.45) is 0 Å². The molecule has 3 nitrogen and oxygen atoms in total. The van der Waals surface area contributed by atoms with Gasteiger partial charge in [-0.2, -0.15) is 0 Å². The van der Waals surface area contributed by atoms with Crippen LogP contribution in [0.25, 0.3) is 0 Å². The van der Waals surface area contributed by atoms with Gasteiger partial charge in [0, 0.05) is 0 Å². The van der Waals surface area contributed by atoms with E-state index >= 15 is 0 Å². The Kier molecular flexibility index (Phi) is 3.57. The van der Waals surface area contributed by atoms with Crippen LogP contribution in [0.5, 0.6) is 0 Å². The Bertz CT molecular complexity index is 543. The minimum atomic E-state index is -1.11. The van der Waals surface area contributed by atoms with Gasteiger partial charge in [0.1, 0.15) is 5.82 Å². The molecule has 0 unspecified atom stereocenters. The van der Waals surface area contributed by atoms with E-state index in [9.17, 15) is 14.3 Å². The van der Waals surface area contributed by atoms with E-state index in [0.29, 0.717) is 5.69 Å². The summed E-state index contributed by atoms with van der Waals surface area (Å²) in [4.78, 5) is 12.3. The van der Waals surface area contributed by atoms with E-state index in [1.807, 2.05) is 30.3 Å². The molecule has 2 aromatic carbocycles. The number of hydrogen-bond acceptors (Lipinski definition) is 1. The molecular formula is C14H12FNO2. The van der Waals surface area contributed by atoms with Crippen molar-refractivity contribution in [3.63, 3.8) is 0 Å². The summed E-state index contributed by atoms with van der Waals surface area (Å²) >= 11 is 0. The Balaban J connectivity index is 2.27. The van der Waals surface area contributed by atoms with Crippen LogP contribution in [0.2, 0.25) is 0 Å². The summed E-state index contributed by atoms with van der Waals surface area (Å²) in [6.45, 7) is 0.194. The number of carboxylic acid groups (broad SMARTS) is 1. The van der Waals surface area contributed by atoms with E-state index in [1.165, 1.54) is 18.2 Å². The highest BCUT2D eigenvalue weighted by molar-refractivity contribution is 5.85. The van der Waals surface area contributed by atoms with Gasteiger partial charge in [-0.05, 0) is 23.8 Å². The van der Waals surface area contributed by atoms with Crippen LogP contribution in [-0.2, 0) is 6.54 Å². The molecule has 0 saturated heterocycles. The Morgan fingerprint density at radius 3 is 2.44 bits per heavy atom. The highest BCUT2D eigenvalue weighted by Crippen LogP contribution is 2.18. The van der Waals surface area contributed by atoms with Gasteiger partial charge in [0.2, 0.25) is 0 Å². The molecule has 0 radical (unpaired) electrons. The quantitative estimate of drug-likeness (QED) is 0.898. The second kappa shape index (κ2) is 5.31. The van der Waals surface area contributed by atoms with E-state index < -0.39 is 11.9 Å². The minimum Gasteiger partial charge on any atom is -0.465 e. The van der Waals surface area contributed by atoms with Crippen LogP contribution < -0.4 is 4.90 Å². The molecule has 1 N–H and O–H groups in total. The molecule has 2 aromatic rings. The Morgan fingerprint density at radius 1 is 1.11 bits per heavy atom.